The number of nitrogens with one attached hydrogen (secondary N) is 1. The molecule has 0 spiro atoms. The second-order valence-corrected chi connectivity index (χ2v) is 9.56. The molecule has 39 heavy (non-hydrogen) atoms. The smallest absolute Gasteiger partial charge is 0.396 e. The Hall–Kier alpha value is -3.67. The Kier molecular flexibility index (Phi) is 8.59. The highest BCUT2D eigenvalue weighted by atomic mass is 19.4. The van der Waals surface area contributed by atoms with Crippen LogP contribution in [0.1, 0.15) is 42.5 Å². The van der Waals surface area contributed by atoms with E-state index in [4.69, 9.17) is 5.11 Å². The maximum atomic E-state index is 13.7. The molecule has 0 radical (unpaired) electrons. The topological polar surface area (TPSA) is 78.4 Å². The molecule has 1 aromatic carbocycles. The van der Waals surface area contributed by atoms with Crippen molar-refractivity contribution in [1.82, 2.24) is 9.97 Å². The van der Waals surface area contributed by atoms with Crippen molar-refractivity contribution in [2.24, 2.45) is 0 Å². The number of anilines is 2. The van der Waals surface area contributed by atoms with Crippen LogP contribution in [0.2, 0.25) is 0 Å². The molecule has 0 saturated heterocycles. The quantitative estimate of drug-likeness (QED) is 0.255. The molecule has 0 aliphatic carbocycles. The summed E-state index contributed by atoms with van der Waals surface area (Å²) in [6.45, 7) is 4.77. The summed E-state index contributed by atoms with van der Waals surface area (Å²) in [5.74, 6) is -0.307. The summed E-state index contributed by atoms with van der Waals surface area (Å²) in [6, 6.07) is 4.59. The van der Waals surface area contributed by atoms with Crippen LogP contribution in [-0.2, 0) is 22.6 Å². The molecule has 12 heteroatoms. The number of carbonyl (C=O) groups excluding carboxylic acids is 1. The molecule has 0 saturated carbocycles. The summed E-state index contributed by atoms with van der Waals surface area (Å²) in [4.78, 5) is 23.4. The van der Waals surface area contributed by atoms with E-state index in [0.29, 0.717) is 42.0 Å². The van der Waals surface area contributed by atoms with Crippen molar-refractivity contribution in [3.8, 4) is 11.1 Å². The number of aliphatic hydroxyl groups is 1. The zero-order valence-electron chi connectivity index (χ0n) is 21.7. The molecule has 0 aliphatic heterocycles. The fraction of sp³-hybridized carbons (Fsp3) is 0.370. The number of pyridine rings is 2. The van der Waals surface area contributed by atoms with Gasteiger partial charge in [0.05, 0.1) is 28.4 Å². The maximum Gasteiger partial charge on any atom is 0.416 e. The van der Waals surface area contributed by atoms with E-state index < -0.39 is 40.4 Å². The van der Waals surface area contributed by atoms with Gasteiger partial charge in [-0.2, -0.15) is 26.3 Å². The van der Waals surface area contributed by atoms with Gasteiger partial charge >= 0.3 is 12.4 Å². The summed E-state index contributed by atoms with van der Waals surface area (Å²) in [7, 11) is 1.38. The van der Waals surface area contributed by atoms with Crippen LogP contribution in [-0.4, -0.2) is 41.2 Å². The minimum atomic E-state index is -5.05. The predicted octanol–water partition coefficient (Wildman–Crippen LogP) is 6.22. The monoisotopic (exact) mass is 554 g/mol. The first-order valence-corrected chi connectivity index (χ1v) is 11.9. The number of aromatic nitrogens is 2. The van der Waals surface area contributed by atoms with Crippen LogP contribution in [0, 0.1) is 6.92 Å². The number of hydrogen-bond donors (Lipinski definition) is 2. The summed E-state index contributed by atoms with van der Waals surface area (Å²) in [6.07, 6.45) is -5.07. The van der Waals surface area contributed by atoms with Crippen LogP contribution in [0.3, 0.4) is 0 Å². The number of likely N-dealkylation sites (N-methyl/N-ethyl adjacent to an activating group) is 1. The minimum Gasteiger partial charge on any atom is -0.396 e. The number of benzene rings is 1. The average molecular weight is 555 g/mol. The number of rotatable bonds is 8. The lowest BCUT2D eigenvalue weighted by atomic mass is 9.81. The molecule has 1 amide bonds. The first-order chi connectivity index (χ1) is 18.1. The van der Waals surface area contributed by atoms with Crippen LogP contribution in [0.15, 0.2) is 48.9 Å². The van der Waals surface area contributed by atoms with Crippen molar-refractivity contribution in [1.29, 1.82) is 0 Å². The third-order valence-corrected chi connectivity index (χ3v) is 6.36. The Balaban J connectivity index is 2.11. The fourth-order valence-electron chi connectivity index (χ4n) is 4.04. The van der Waals surface area contributed by atoms with Gasteiger partial charge in [0.25, 0.3) is 0 Å². The van der Waals surface area contributed by atoms with Gasteiger partial charge in [-0.05, 0) is 68.7 Å². The molecule has 0 fully saturated rings. The van der Waals surface area contributed by atoms with Gasteiger partial charge in [0.1, 0.15) is 5.82 Å². The number of hydrogen-bond acceptors (Lipinski definition) is 5. The molecule has 2 N–H and O–H groups in total. The number of alkyl halides is 6. The Morgan fingerprint density at radius 2 is 1.54 bits per heavy atom. The second-order valence-electron chi connectivity index (χ2n) is 9.56. The van der Waals surface area contributed by atoms with E-state index in [0.717, 1.165) is 5.56 Å². The number of halogens is 6. The molecule has 2 heterocycles. The molecular formula is C27H28F6N4O2. The predicted molar refractivity (Wildman–Crippen MR) is 135 cm³/mol. The number of aliphatic hydroxyl groups excluding tert-OH is 1. The largest absolute Gasteiger partial charge is 0.416 e. The lowest BCUT2D eigenvalue weighted by molar-refractivity contribution is -0.143. The van der Waals surface area contributed by atoms with Gasteiger partial charge in [-0.3, -0.25) is 9.78 Å². The van der Waals surface area contributed by atoms with Gasteiger partial charge in [-0.1, -0.05) is 0 Å². The molecule has 2 aromatic heterocycles. The van der Waals surface area contributed by atoms with Crippen LogP contribution in [0.25, 0.3) is 11.1 Å². The minimum absolute atomic E-state index is 0.0302. The number of amides is 1. The summed E-state index contributed by atoms with van der Waals surface area (Å²) in [5.41, 5.74) is -2.95. The molecule has 0 atom stereocenters. The number of carbonyl (C=O) groups is 1. The molecular weight excluding hydrogens is 526 g/mol. The first kappa shape index (κ1) is 29.9. The Morgan fingerprint density at radius 1 is 0.949 bits per heavy atom. The molecule has 0 unspecified atom stereocenters. The summed E-state index contributed by atoms with van der Waals surface area (Å²) in [5, 5.41) is 12.1. The van der Waals surface area contributed by atoms with Crippen molar-refractivity contribution in [3.05, 3.63) is 71.2 Å². The van der Waals surface area contributed by atoms with Gasteiger partial charge in [0, 0.05) is 43.7 Å². The van der Waals surface area contributed by atoms with E-state index in [1.807, 2.05) is 6.92 Å². The Morgan fingerprint density at radius 3 is 2.08 bits per heavy atom. The lowest BCUT2D eigenvalue weighted by Crippen LogP contribution is -2.42. The van der Waals surface area contributed by atoms with Gasteiger partial charge < -0.3 is 15.3 Å². The van der Waals surface area contributed by atoms with Crippen molar-refractivity contribution >= 4 is 17.4 Å². The molecule has 0 aliphatic rings. The zero-order chi connectivity index (χ0) is 29.2. The molecule has 3 aromatic rings. The second kappa shape index (κ2) is 11.2. The zero-order valence-corrected chi connectivity index (χ0v) is 21.7. The Labute approximate surface area is 221 Å². The van der Waals surface area contributed by atoms with Gasteiger partial charge in [-0.15, -0.1) is 0 Å². The number of aryl methyl sites for hydroxylation is 1. The van der Waals surface area contributed by atoms with Crippen LogP contribution >= 0.6 is 0 Å². The number of nitrogens with zero attached hydrogens (tertiary/aromatic N) is 3. The van der Waals surface area contributed by atoms with E-state index in [1.54, 1.807) is 24.5 Å². The molecule has 6 nitrogen and oxygen atoms in total. The standard InChI is InChI=1S/C27H28F6N4O2/c1-16-6-8-34-14-21(16)20-13-23(35-7-5-9-38)36-15-22(20)37(4)24(39)25(2,3)17-10-18(26(28,29)30)12-19(11-17)27(31,32)33/h6,8,10-15,38H,5,7,9H2,1-4H3,(H,35,36). The van der Waals surface area contributed by atoms with Crippen LogP contribution in [0.4, 0.5) is 37.8 Å². The molecule has 210 valence electrons. The van der Waals surface area contributed by atoms with Gasteiger partial charge in [0.2, 0.25) is 5.91 Å². The lowest BCUT2D eigenvalue weighted by Gasteiger charge is -2.32. The van der Waals surface area contributed by atoms with E-state index in [2.05, 4.69) is 15.3 Å². The summed E-state index contributed by atoms with van der Waals surface area (Å²) < 4.78 is 80.9. The third kappa shape index (κ3) is 6.67. The van der Waals surface area contributed by atoms with Crippen molar-refractivity contribution in [3.63, 3.8) is 0 Å². The molecule has 3 rings (SSSR count). The Bertz CT molecular complexity index is 1310. The normalized spacial score (nSPS) is 12.4. The summed E-state index contributed by atoms with van der Waals surface area (Å²) >= 11 is 0. The fourth-order valence-corrected chi connectivity index (χ4v) is 4.04. The van der Waals surface area contributed by atoms with Crippen molar-refractivity contribution in [2.75, 3.05) is 30.4 Å². The first-order valence-electron chi connectivity index (χ1n) is 11.9. The molecule has 0 bridgehead atoms. The maximum absolute atomic E-state index is 13.7. The van der Waals surface area contributed by atoms with Gasteiger partial charge in [-0.25, -0.2) is 4.98 Å². The van der Waals surface area contributed by atoms with E-state index >= 15 is 0 Å². The van der Waals surface area contributed by atoms with Gasteiger partial charge in [0.15, 0.2) is 0 Å². The van der Waals surface area contributed by atoms with Crippen LogP contribution in [0.5, 0.6) is 0 Å². The van der Waals surface area contributed by atoms with Crippen molar-refractivity contribution in [2.45, 2.75) is 45.0 Å². The van der Waals surface area contributed by atoms with E-state index in [1.165, 1.54) is 32.0 Å². The average Bonchev–Trinajstić information content (AvgIpc) is 2.87. The third-order valence-electron chi connectivity index (χ3n) is 6.36. The highest BCUT2D eigenvalue weighted by Crippen LogP contribution is 2.41. The van der Waals surface area contributed by atoms with E-state index in [-0.39, 0.29) is 18.4 Å². The SMILES string of the molecule is Cc1ccncc1-c1cc(NCCCO)ncc1N(C)C(=O)C(C)(C)c1cc(C(F)(F)F)cc(C(F)(F)F)c1. The highest BCUT2D eigenvalue weighted by molar-refractivity contribution is 6.03. The van der Waals surface area contributed by atoms with Crippen LogP contribution < -0.4 is 10.2 Å². The highest BCUT2D eigenvalue weighted by Gasteiger charge is 2.41. The van der Waals surface area contributed by atoms with E-state index in [9.17, 15) is 31.1 Å². The van der Waals surface area contributed by atoms with Crippen molar-refractivity contribution < 1.29 is 36.2 Å².